The third-order valence-electron chi connectivity index (χ3n) is 4.35. The Morgan fingerprint density at radius 3 is 2.27 bits per heavy atom. The fraction of sp³-hybridized carbons (Fsp3) is 0.353. The highest BCUT2D eigenvalue weighted by Gasteiger charge is 2.34. The minimum absolute atomic E-state index is 0.101. The zero-order valence-electron chi connectivity index (χ0n) is 14.5. The quantitative estimate of drug-likeness (QED) is 0.802. The summed E-state index contributed by atoms with van der Waals surface area (Å²) in [7, 11) is -3.70. The topological polar surface area (TPSA) is 108 Å². The van der Waals surface area contributed by atoms with Gasteiger partial charge in [0, 0.05) is 31.7 Å². The molecular formula is C17H18N4O4S. The van der Waals surface area contributed by atoms with Gasteiger partial charge in [0.2, 0.25) is 10.0 Å². The van der Waals surface area contributed by atoms with Crippen molar-refractivity contribution < 1.29 is 17.7 Å². The Morgan fingerprint density at radius 2 is 1.77 bits per heavy atom. The van der Waals surface area contributed by atoms with E-state index in [-0.39, 0.29) is 29.7 Å². The minimum Gasteiger partial charge on any atom is -0.360 e. The number of rotatable bonds is 3. The highest BCUT2D eigenvalue weighted by Crippen LogP contribution is 2.24. The fourth-order valence-corrected chi connectivity index (χ4v) is 4.69. The van der Waals surface area contributed by atoms with Crippen LogP contribution < -0.4 is 0 Å². The lowest BCUT2D eigenvalue weighted by atomic mass is 10.1. The zero-order valence-corrected chi connectivity index (χ0v) is 15.3. The number of carbonyl (C=O) groups is 1. The molecule has 8 nitrogen and oxygen atoms in total. The first-order valence-electron chi connectivity index (χ1n) is 8.07. The highest BCUT2D eigenvalue weighted by atomic mass is 32.2. The van der Waals surface area contributed by atoms with E-state index in [0.717, 1.165) is 0 Å². The van der Waals surface area contributed by atoms with E-state index in [2.05, 4.69) is 5.16 Å². The van der Waals surface area contributed by atoms with E-state index < -0.39 is 10.0 Å². The first-order valence-corrected chi connectivity index (χ1v) is 9.51. The van der Waals surface area contributed by atoms with Crippen LogP contribution in [0.5, 0.6) is 0 Å². The van der Waals surface area contributed by atoms with Crippen LogP contribution >= 0.6 is 0 Å². The monoisotopic (exact) mass is 374 g/mol. The molecular weight excluding hydrogens is 356 g/mol. The molecule has 1 aromatic carbocycles. The maximum Gasteiger partial charge on any atom is 0.253 e. The molecule has 0 saturated carbocycles. The number of carbonyl (C=O) groups excluding carboxylic acids is 1. The number of piperazine rings is 1. The summed E-state index contributed by atoms with van der Waals surface area (Å²) in [6.45, 7) is 4.15. The molecule has 1 aliphatic heterocycles. The molecule has 2 aromatic rings. The fourth-order valence-electron chi connectivity index (χ4n) is 2.97. The Labute approximate surface area is 151 Å². The van der Waals surface area contributed by atoms with Gasteiger partial charge in [-0.3, -0.25) is 4.79 Å². The predicted octanol–water partition coefficient (Wildman–Crippen LogP) is 1.31. The molecule has 1 fully saturated rings. The van der Waals surface area contributed by atoms with E-state index in [1.807, 2.05) is 6.07 Å². The van der Waals surface area contributed by atoms with E-state index in [0.29, 0.717) is 29.9 Å². The molecule has 2 heterocycles. The zero-order chi connectivity index (χ0) is 18.9. The minimum atomic E-state index is -3.70. The van der Waals surface area contributed by atoms with Crippen molar-refractivity contribution in [3.8, 4) is 6.07 Å². The summed E-state index contributed by atoms with van der Waals surface area (Å²) in [5.41, 5.74) is 1.29. The molecule has 0 atom stereocenters. The van der Waals surface area contributed by atoms with Gasteiger partial charge >= 0.3 is 0 Å². The van der Waals surface area contributed by atoms with Crippen molar-refractivity contribution in [2.24, 2.45) is 0 Å². The Kier molecular flexibility index (Phi) is 4.80. The summed E-state index contributed by atoms with van der Waals surface area (Å²) in [5.74, 6) is 0.0856. The van der Waals surface area contributed by atoms with Crippen molar-refractivity contribution in [3.63, 3.8) is 0 Å². The molecule has 1 amide bonds. The maximum atomic E-state index is 12.8. The molecule has 26 heavy (non-hydrogen) atoms. The van der Waals surface area contributed by atoms with Crippen LogP contribution in [0.1, 0.15) is 27.4 Å². The molecule has 0 radical (unpaired) electrons. The number of aromatic nitrogens is 1. The lowest BCUT2D eigenvalue weighted by Gasteiger charge is -2.34. The predicted molar refractivity (Wildman–Crippen MR) is 91.8 cm³/mol. The second-order valence-corrected chi connectivity index (χ2v) is 7.91. The molecule has 136 valence electrons. The number of hydrogen-bond donors (Lipinski definition) is 0. The van der Waals surface area contributed by atoms with Crippen molar-refractivity contribution in [2.45, 2.75) is 18.7 Å². The summed E-state index contributed by atoms with van der Waals surface area (Å²) < 4.78 is 31.9. The summed E-state index contributed by atoms with van der Waals surface area (Å²) >= 11 is 0. The van der Waals surface area contributed by atoms with Gasteiger partial charge in [-0.15, -0.1) is 0 Å². The molecule has 3 rings (SSSR count). The Bertz CT molecular complexity index is 946. The molecule has 0 unspecified atom stereocenters. The Balaban J connectivity index is 1.71. The number of amides is 1. The van der Waals surface area contributed by atoms with Gasteiger partial charge in [0.15, 0.2) is 5.76 Å². The SMILES string of the molecule is Cc1noc(C)c1S(=O)(=O)N1CCN(C(=O)c2ccc(C#N)cc2)CC1. The van der Waals surface area contributed by atoms with E-state index >= 15 is 0 Å². The first kappa shape index (κ1) is 18.1. The maximum absolute atomic E-state index is 12.8. The lowest BCUT2D eigenvalue weighted by Crippen LogP contribution is -2.50. The van der Waals surface area contributed by atoms with Crippen LogP contribution in [0.3, 0.4) is 0 Å². The number of nitrogens with zero attached hydrogens (tertiary/aromatic N) is 4. The average Bonchev–Trinajstić information content (AvgIpc) is 3.00. The number of aryl methyl sites for hydroxylation is 2. The molecule has 0 bridgehead atoms. The van der Waals surface area contributed by atoms with Gasteiger partial charge in [0.05, 0.1) is 11.6 Å². The Hall–Kier alpha value is -2.70. The van der Waals surface area contributed by atoms with Gasteiger partial charge in [0.25, 0.3) is 5.91 Å². The van der Waals surface area contributed by atoms with Crippen molar-refractivity contribution in [3.05, 3.63) is 46.8 Å². The number of hydrogen-bond acceptors (Lipinski definition) is 6. The van der Waals surface area contributed by atoms with Gasteiger partial charge < -0.3 is 9.42 Å². The van der Waals surface area contributed by atoms with Crippen molar-refractivity contribution in [1.82, 2.24) is 14.4 Å². The third-order valence-corrected chi connectivity index (χ3v) is 6.50. The smallest absolute Gasteiger partial charge is 0.253 e. The van der Waals surface area contributed by atoms with E-state index in [4.69, 9.17) is 9.78 Å². The number of nitriles is 1. The molecule has 9 heteroatoms. The van der Waals surface area contributed by atoms with Gasteiger partial charge in [-0.2, -0.15) is 9.57 Å². The van der Waals surface area contributed by atoms with Gasteiger partial charge in [-0.1, -0.05) is 5.16 Å². The molecule has 1 saturated heterocycles. The second-order valence-electron chi connectivity index (χ2n) is 6.04. The van der Waals surface area contributed by atoms with Gasteiger partial charge in [0.1, 0.15) is 10.6 Å². The third kappa shape index (κ3) is 3.21. The summed E-state index contributed by atoms with van der Waals surface area (Å²) in [6, 6.07) is 8.39. The van der Waals surface area contributed by atoms with Crippen LogP contribution in [-0.2, 0) is 10.0 Å². The van der Waals surface area contributed by atoms with Crippen molar-refractivity contribution in [2.75, 3.05) is 26.2 Å². The molecule has 1 aromatic heterocycles. The normalized spacial score (nSPS) is 15.7. The van der Waals surface area contributed by atoms with Crippen molar-refractivity contribution >= 4 is 15.9 Å². The second kappa shape index (κ2) is 6.90. The molecule has 0 spiro atoms. The van der Waals surface area contributed by atoms with E-state index in [9.17, 15) is 13.2 Å². The molecule has 0 N–H and O–H groups in total. The van der Waals surface area contributed by atoms with Crippen LogP contribution in [0, 0.1) is 25.2 Å². The standard InChI is InChI=1S/C17H18N4O4S/c1-12-16(13(2)25-19-12)26(23,24)21-9-7-20(8-10-21)17(22)15-5-3-14(11-18)4-6-15/h3-6H,7-10H2,1-2H3. The molecule has 1 aliphatic rings. The summed E-state index contributed by atoms with van der Waals surface area (Å²) in [4.78, 5) is 14.3. The van der Waals surface area contributed by atoms with Crippen LogP contribution in [0.15, 0.2) is 33.7 Å². The van der Waals surface area contributed by atoms with Crippen LogP contribution in [0.4, 0.5) is 0 Å². The lowest BCUT2D eigenvalue weighted by molar-refractivity contribution is 0.0698. The van der Waals surface area contributed by atoms with Crippen LogP contribution in [-0.4, -0.2) is 54.9 Å². The first-order chi connectivity index (χ1) is 12.3. The Morgan fingerprint density at radius 1 is 1.15 bits per heavy atom. The van der Waals surface area contributed by atoms with Crippen molar-refractivity contribution in [1.29, 1.82) is 5.26 Å². The summed E-state index contributed by atoms with van der Waals surface area (Å²) in [5, 5.41) is 12.5. The number of benzene rings is 1. The molecule has 0 aliphatic carbocycles. The average molecular weight is 374 g/mol. The van der Waals surface area contributed by atoms with Gasteiger partial charge in [-0.05, 0) is 38.1 Å². The van der Waals surface area contributed by atoms with Crippen LogP contribution in [0.25, 0.3) is 0 Å². The van der Waals surface area contributed by atoms with E-state index in [1.165, 1.54) is 4.31 Å². The largest absolute Gasteiger partial charge is 0.360 e. The highest BCUT2D eigenvalue weighted by molar-refractivity contribution is 7.89. The van der Waals surface area contributed by atoms with Gasteiger partial charge in [-0.25, -0.2) is 8.42 Å². The number of sulfonamides is 1. The van der Waals surface area contributed by atoms with E-state index in [1.54, 1.807) is 43.0 Å². The summed E-state index contributed by atoms with van der Waals surface area (Å²) in [6.07, 6.45) is 0. The van der Waals surface area contributed by atoms with Crippen LogP contribution in [0.2, 0.25) is 0 Å².